The standard InChI is InChI=1S/C13H18ClIN2O.ClH/c1-2-3-4-10(8-16)17-13(18)11-6-5-9(15)7-12(11)14;/h5-7,10H,2-4,8,16H2,1H3,(H,17,18);1H. The molecule has 0 saturated carbocycles. The van der Waals surface area contributed by atoms with E-state index in [9.17, 15) is 4.79 Å². The summed E-state index contributed by atoms with van der Waals surface area (Å²) < 4.78 is 1.01. The van der Waals surface area contributed by atoms with Gasteiger partial charge in [-0.1, -0.05) is 31.4 Å². The first kappa shape index (κ1) is 19.0. The molecule has 1 amide bonds. The molecule has 0 aliphatic carbocycles. The molecule has 0 spiro atoms. The first-order valence-electron chi connectivity index (χ1n) is 6.04. The number of amides is 1. The smallest absolute Gasteiger partial charge is 0.253 e. The predicted octanol–water partition coefficient (Wildman–Crippen LogP) is 3.61. The van der Waals surface area contributed by atoms with Crippen LogP contribution in [0.25, 0.3) is 0 Å². The van der Waals surface area contributed by atoms with Gasteiger partial charge in [-0.15, -0.1) is 12.4 Å². The predicted molar refractivity (Wildman–Crippen MR) is 91.3 cm³/mol. The Balaban J connectivity index is 0.00000324. The molecule has 1 aromatic carbocycles. The molecule has 0 aliphatic rings. The van der Waals surface area contributed by atoms with E-state index in [1.165, 1.54) is 0 Å². The van der Waals surface area contributed by atoms with E-state index in [1.807, 2.05) is 6.07 Å². The lowest BCUT2D eigenvalue weighted by Gasteiger charge is -2.17. The molecule has 0 saturated heterocycles. The van der Waals surface area contributed by atoms with Crippen LogP contribution < -0.4 is 11.1 Å². The van der Waals surface area contributed by atoms with Crippen LogP contribution in [0.15, 0.2) is 18.2 Å². The molecule has 0 bridgehead atoms. The Labute approximate surface area is 139 Å². The third kappa shape index (κ3) is 6.29. The molecule has 19 heavy (non-hydrogen) atoms. The van der Waals surface area contributed by atoms with Crippen molar-refractivity contribution in [2.75, 3.05) is 6.54 Å². The summed E-state index contributed by atoms with van der Waals surface area (Å²) in [7, 11) is 0. The number of rotatable bonds is 6. The van der Waals surface area contributed by atoms with Crippen LogP contribution in [0.1, 0.15) is 36.5 Å². The molecule has 0 radical (unpaired) electrons. The number of carbonyl (C=O) groups is 1. The molecule has 108 valence electrons. The molecule has 0 fully saturated rings. The summed E-state index contributed by atoms with van der Waals surface area (Å²) in [6.07, 6.45) is 3.06. The lowest BCUT2D eigenvalue weighted by Crippen LogP contribution is -2.40. The molecule has 3 N–H and O–H groups in total. The fraction of sp³-hybridized carbons (Fsp3) is 0.462. The zero-order chi connectivity index (χ0) is 13.5. The van der Waals surface area contributed by atoms with Crippen LogP contribution >= 0.6 is 46.6 Å². The topological polar surface area (TPSA) is 55.1 Å². The molecule has 1 aromatic rings. The summed E-state index contributed by atoms with van der Waals surface area (Å²) >= 11 is 8.22. The molecular weight excluding hydrogens is 398 g/mol. The number of nitrogens with two attached hydrogens (primary N) is 1. The van der Waals surface area contributed by atoms with Crippen LogP contribution in [0.4, 0.5) is 0 Å². The van der Waals surface area contributed by atoms with E-state index in [2.05, 4.69) is 34.8 Å². The first-order chi connectivity index (χ1) is 8.58. The number of halogens is 3. The maximum Gasteiger partial charge on any atom is 0.253 e. The van der Waals surface area contributed by atoms with E-state index >= 15 is 0 Å². The van der Waals surface area contributed by atoms with Gasteiger partial charge in [0.05, 0.1) is 10.6 Å². The second-order valence-electron chi connectivity index (χ2n) is 4.17. The Morgan fingerprint density at radius 1 is 1.53 bits per heavy atom. The summed E-state index contributed by atoms with van der Waals surface area (Å²) in [6.45, 7) is 2.57. The SMILES string of the molecule is CCCCC(CN)NC(=O)c1ccc(I)cc1Cl.Cl. The van der Waals surface area contributed by atoms with Crippen molar-refractivity contribution < 1.29 is 4.79 Å². The average Bonchev–Trinajstić information content (AvgIpc) is 2.34. The molecule has 1 atom stereocenters. The van der Waals surface area contributed by atoms with Crippen molar-refractivity contribution in [2.45, 2.75) is 32.2 Å². The van der Waals surface area contributed by atoms with E-state index < -0.39 is 0 Å². The Bertz CT molecular complexity index is 416. The Morgan fingerprint density at radius 3 is 2.74 bits per heavy atom. The van der Waals surface area contributed by atoms with Gasteiger partial charge in [-0.3, -0.25) is 4.79 Å². The minimum absolute atomic E-state index is 0. The molecule has 0 aliphatic heterocycles. The maximum atomic E-state index is 12.1. The van der Waals surface area contributed by atoms with E-state index in [-0.39, 0.29) is 24.4 Å². The van der Waals surface area contributed by atoms with Crippen LogP contribution in [0.5, 0.6) is 0 Å². The fourth-order valence-electron chi connectivity index (χ4n) is 1.64. The molecule has 1 rings (SSSR count). The number of hydrogen-bond donors (Lipinski definition) is 2. The summed E-state index contributed by atoms with van der Waals surface area (Å²) in [5.41, 5.74) is 6.16. The van der Waals surface area contributed by atoms with Gasteiger partial charge in [-0.25, -0.2) is 0 Å². The zero-order valence-electron chi connectivity index (χ0n) is 10.8. The van der Waals surface area contributed by atoms with Crippen molar-refractivity contribution in [3.63, 3.8) is 0 Å². The third-order valence-electron chi connectivity index (χ3n) is 2.70. The number of hydrogen-bond acceptors (Lipinski definition) is 2. The second-order valence-corrected chi connectivity index (χ2v) is 5.83. The van der Waals surface area contributed by atoms with Gasteiger partial charge in [-0.05, 0) is 47.2 Å². The summed E-state index contributed by atoms with van der Waals surface area (Å²) in [4.78, 5) is 12.1. The van der Waals surface area contributed by atoms with E-state index in [1.54, 1.807) is 12.1 Å². The van der Waals surface area contributed by atoms with Crippen molar-refractivity contribution in [1.29, 1.82) is 0 Å². The summed E-state index contributed by atoms with van der Waals surface area (Å²) in [5.74, 6) is -0.150. The monoisotopic (exact) mass is 416 g/mol. The Kier molecular flexibility index (Phi) is 9.78. The van der Waals surface area contributed by atoms with Gasteiger partial charge < -0.3 is 11.1 Å². The van der Waals surface area contributed by atoms with Gasteiger partial charge in [0.1, 0.15) is 0 Å². The highest BCUT2D eigenvalue weighted by atomic mass is 127. The van der Waals surface area contributed by atoms with Crippen LogP contribution in [0, 0.1) is 3.57 Å². The van der Waals surface area contributed by atoms with Gasteiger partial charge in [-0.2, -0.15) is 0 Å². The number of carbonyl (C=O) groups excluding carboxylic acids is 1. The quantitative estimate of drug-likeness (QED) is 0.696. The lowest BCUT2D eigenvalue weighted by atomic mass is 10.1. The van der Waals surface area contributed by atoms with Crippen molar-refractivity contribution in [3.8, 4) is 0 Å². The van der Waals surface area contributed by atoms with Gasteiger partial charge in [0.2, 0.25) is 0 Å². The van der Waals surface area contributed by atoms with Crippen LogP contribution in [0.2, 0.25) is 5.02 Å². The lowest BCUT2D eigenvalue weighted by molar-refractivity contribution is 0.0936. The normalized spacial score (nSPS) is 11.6. The van der Waals surface area contributed by atoms with Crippen molar-refractivity contribution in [3.05, 3.63) is 32.4 Å². The molecule has 0 aromatic heterocycles. The maximum absolute atomic E-state index is 12.1. The molecule has 6 heteroatoms. The molecular formula is C13H19Cl2IN2O. The molecule has 1 unspecified atom stereocenters. The number of benzene rings is 1. The van der Waals surface area contributed by atoms with Gasteiger partial charge >= 0.3 is 0 Å². The van der Waals surface area contributed by atoms with Crippen LogP contribution in [-0.2, 0) is 0 Å². The second kappa shape index (κ2) is 9.80. The Morgan fingerprint density at radius 2 is 2.21 bits per heavy atom. The average molecular weight is 417 g/mol. The summed E-state index contributed by atoms with van der Waals surface area (Å²) in [6, 6.07) is 5.41. The van der Waals surface area contributed by atoms with Crippen molar-refractivity contribution >= 4 is 52.5 Å². The number of nitrogens with one attached hydrogen (secondary N) is 1. The fourth-order valence-corrected chi connectivity index (χ4v) is 2.58. The Hall–Kier alpha value is -0.0400. The van der Waals surface area contributed by atoms with Crippen LogP contribution in [-0.4, -0.2) is 18.5 Å². The van der Waals surface area contributed by atoms with Crippen molar-refractivity contribution in [2.24, 2.45) is 5.73 Å². The van der Waals surface area contributed by atoms with Crippen molar-refractivity contribution in [1.82, 2.24) is 5.32 Å². The van der Waals surface area contributed by atoms with Crippen LogP contribution in [0.3, 0.4) is 0 Å². The first-order valence-corrected chi connectivity index (χ1v) is 7.50. The van der Waals surface area contributed by atoms with Gasteiger partial charge in [0.15, 0.2) is 0 Å². The highest BCUT2D eigenvalue weighted by Crippen LogP contribution is 2.19. The summed E-state index contributed by atoms with van der Waals surface area (Å²) in [5, 5.41) is 3.40. The highest BCUT2D eigenvalue weighted by Gasteiger charge is 2.14. The minimum atomic E-state index is -0.150. The molecule has 3 nitrogen and oxygen atoms in total. The molecule has 0 heterocycles. The largest absolute Gasteiger partial charge is 0.348 e. The minimum Gasteiger partial charge on any atom is -0.348 e. The van der Waals surface area contributed by atoms with E-state index in [4.69, 9.17) is 17.3 Å². The van der Waals surface area contributed by atoms with E-state index in [0.717, 1.165) is 22.8 Å². The number of unbranched alkanes of at least 4 members (excludes halogenated alkanes) is 1. The van der Waals surface area contributed by atoms with E-state index in [0.29, 0.717) is 17.1 Å². The zero-order valence-corrected chi connectivity index (χ0v) is 14.5. The third-order valence-corrected chi connectivity index (χ3v) is 3.69. The highest BCUT2D eigenvalue weighted by molar-refractivity contribution is 14.1. The van der Waals surface area contributed by atoms with Gasteiger partial charge in [0.25, 0.3) is 5.91 Å². The van der Waals surface area contributed by atoms with Gasteiger partial charge in [0, 0.05) is 16.2 Å².